The van der Waals surface area contributed by atoms with Crippen LogP contribution in [-0.4, -0.2) is 5.96 Å². The van der Waals surface area contributed by atoms with E-state index in [0.29, 0.717) is 12.5 Å². The molecule has 0 aliphatic rings. The molecule has 0 unspecified atom stereocenters. The van der Waals surface area contributed by atoms with Crippen molar-refractivity contribution >= 4 is 35.6 Å². The minimum atomic E-state index is 0. The molecule has 2 aromatic carbocycles. The Kier molecular flexibility index (Phi) is 6.51. The maximum Gasteiger partial charge on any atom is 0.193 e. The van der Waals surface area contributed by atoms with Crippen LogP contribution in [0.5, 0.6) is 0 Å². The van der Waals surface area contributed by atoms with Gasteiger partial charge in [0, 0.05) is 5.69 Å². The highest BCUT2D eigenvalue weighted by Gasteiger charge is 1.97. The molecule has 0 spiro atoms. The number of nitrogens with one attached hydrogen (secondary N) is 1. The van der Waals surface area contributed by atoms with E-state index in [1.54, 1.807) is 0 Å². The van der Waals surface area contributed by atoms with Crippen LogP contribution in [0.2, 0.25) is 0 Å². The standard InChI is InChI=1S/C16H19N3.HI/c1-12-7-9-15(10-8-12)19-16(17)18-11-14-6-4-3-5-13(14)2;/h3-10H,11H2,1-2H3,(H3,17,18,19);1H. The fraction of sp³-hybridized carbons (Fsp3) is 0.188. The second-order valence-corrected chi connectivity index (χ2v) is 4.62. The van der Waals surface area contributed by atoms with E-state index in [9.17, 15) is 0 Å². The van der Waals surface area contributed by atoms with Crippen LogP contribution >= 0.6 is 24.0 Å². The molecule has 4 heteroatoms. The third-order valence-electron chi connectivity index (χ3n) is 3.00. The monoisotopic (exact) mass is 381 g/mol. The molecule has 0 amide bonds. The van der Waals surface area contributed by atoms with E-state index in [1.165, 1.54) is 16.7 Å². The van der Waals surface area contributed by atoms with Gasteiger partial charge < -0.3 is 11.1 Å². The maximum absolute atomic E-state index is 5.88. The number of aliphatic imine (C=N–C) groups is 1. The molecule has 3 nitrogen and oxygen atoms in total. The number of benzene rings is 2. The van der Waals surface area contributed by atoms with Crippen LogP contribution in [0.25, 0.3) is 0 Å². The first-order chi connectivity index (χ1) is 9.15. The first-order valence-corrected chi connectivity index (χ1v) is 6.33. The van der Waals surface area contributed by atoms with Crippen LogP contribution in [0.15, 0.2) is 53.5 Å². The Hall–Kier alpha value is -1.56. The third-order valence-corrected chi connectivity index (χ3v) is 3.00. The summed E-state index contributed by atoms with van der Waals surface area (Å²) in [7, 11) is 0. The predicted molar refractivity (Wildman–Crippen MR) is 96.7 cm³/mol. The molecule has 0 fully saturated rings. The summed E-state index contributed by atoms with van der Waals surface area (Å²) >= 11 is 0. The van der Waals surface area contributed by atoms with Gasteiger partial charge in [0.15, 0.2) is 5.96 Å². The summed E-state index contributed by atoms with van der Waals surface area (Å²) in [5.41, 5.74) is 10.5. The van der Waals surface area contributed by atoms with Crippen LogP contribution in [0, 0.1) is 13.8 Å². The number of anilines is 1. The molecular formula is C16H20IN3. The minimum absolute atomic E-state index is 0. The normalized spacial score (nSPS) is 10.8. The first kappa shape index (κ1) is 16.5. The van der Waals surface area contributed by atoms with Crippen LogP contribution < -0.4 is 11.1 Å². The third kappa shape index (κ3) is 4.85. The van der Waals surface area contributed by atoms with Gasteiger partial charge in [0.2, 0.25) is 0 Å². The Bertz CT molecular complexity index is 577. The number of hydrogen-bond donors (Lipinski definition) is 2. The highest BCUT2D eigenvalue weighted by atomic mass is 127. The number of nitrogens with two attached hydrogens (primary N) is 1. The topological polar surface area (TPSA) is 50.4 Å². The number of aryl methyl sites for hydroxylation is 2. The van der Waals surface area contributed by atoms with Gasteiger partial charge in [-0.25, -0.2) is 4.99 Å². The maximum atomic E-state index is 5.88. The summed E-state index contributed by atoms with van der Waals surface area (Å²) in [5, 5.41) is 3.09. The predicted octanol–water partition coefficient (Wildman–Crippen LogP) is 3.85. The molecule has 20 heavy (non-hydrogen) atoms. The highest BCUT2D eigenvalue weighted by molar-refractivity contribution is 14.0. The molecule has 0 radical (unpaired) electrons. The zero-order valence-corrected chi connectivity index (χ0v) is 14.1. The van der Waals surface area contributed by atoms with Gasteiger partial charge in [0.25, 0.3) is 0 Å². The molecule has 0 saturated heterocycles. The van der Waals surface area contributed by atoms with Gasteiger partial charge in [-0.05, 0) is 37.1 Å². The smallest absolute Gasteiger partial charge is 0.193 e. The Morgan fingerprint density at radius 2 is 1.70 bits per heavy atom. The van der Waals surface area contributed by atoms with Crippen molar-refractivity contribution < 1.29 is 0 Å². The number of nitrogens with zero attached hydrogens (tertiary/aromatic N) is 1. The Balaban J connectivity index is 0.00000200. The Morgan fingerprint density at radius 1 is 1.05 bits per heavy atom. The number of hydrogen-bond acceptors (Lipinski definition) is 1. The summed E-state index contributed by atoms with van der Waals surface area (Å²) < 4.78 is 0. The molecule has 106 valence electrons. The van der Waals surface area contributed by atoms with Gasteiger partial charge in [0.05, 0.1) is 6.54 Å². The van der Waals surface area contributed by atoms with Gasteiger partial charge >= 0.3 is 0 Å². The lowest BCUT2D eigenvalue weighted by molar-refractivity contribution is 1.04. The van der Waals surface area contributed by atoms with Crippen molar-refractivity contribution in [1.82, 2.24) is 0 Å². The molecule has 2 aromatic rings. The van der Waals surface area contributed by atoms with E-state index in [-0.39, 0.29) is 24.0 Å². The van der Waals surface area contributed by atoms with Crippen molar-refractivity contribution in [2.75, 3.05) is 5.32 Å². The van der Waals surface area contributed by atoms with Crippen molar-refractivity contribution in [2.24, 2.45) is 10.7 Å². The fourth-order valence-corrected chi connectivity index (χ4v) is 1.78. The molecule has 0 heterocycles. The molecule has 0 aliphatic carbocycles. The zero-order valence-electron chi connectivity index (χ0n) is 11.8. The van der Waals surface area contributed by atoms with Gasteiger partial charge in [-0.2, -0.15) is 0 Å². The van der Waals surface area contributed by atoms with E-state index >= 15 is 0 Å². The fourth-order valence-electron chi connectivity index (χ4n) is 1.78. The average molecular weight is 381 g/mol. The van der Waals surface area contributed by atoms with Crippen molar-refractivity contribution in [3.63, 3.8) is 0 Å². The van der Waals surface area contributed by atoms with Crippen LogP contribution in [0.3, 0.4) is 0 Å². The van der Waals surface area contributed by atoms with E-state index in [0.717, 1.165) is 5.69 Å². The van der Waals surface area contributed by atoms with Crippen molar-refractivity contribution in [3.8, 4) is 0 Å². The van der Waals surface area contributed by atoms with Crippen molar-refractivity contribution in [1.29, 1.82) is 0 Å². The van der Waals surface area contributed by atoms with Gasteiger partial charge in [-0.1, -0.05) is 42.0 Å². The average Bonchev–Trinajstić information content (AvgIpc) is 2.40. The number of guanidine groups is 1. The molecule has 0 atom stereocenters. The lowest BCUT2D eigenvalue weighted by Gasteiger charge is -2.07. The zero-order chi connectivity index (χ0) is 13.7. The number of rotatable bonds is 3. The summed E-state index contributed by atoms with van der Waals surface area (Å²) in [6.07, 6.45) is 0. The Morgan fingerprint density at radius 3 is 2.35 bits per heavy atom. The highest BCUT2D eigenvalue weighted by Crippen LogP contribution is 2.10. The molecule has 0 aromatic heterocycles. The van der Waals surface area contributed by atoms with Crippen LogP contribution in [-0.2, 0) is 6.54 Å². The lowest BCUT2D eigenvalue weighted by atomic mass is 10.1. The minimum Gasteiger partial charge on any atom is -0.370 e. The van der Waals surface area contributed by atoms with Gasteiger partial charge in [-0.15, -0.1) is 24.0 Å². The van der Waals surface area contributed by atoms with E-state index in [1.807, 2.05) is 36.4 Å². The quantitative estimate of drug-likeness (QED) is 0.482. The van der Waals surface area contributed by atoms with Crippen LogP contribution in [0.4, 0.5) is 5.69 Å². The second-order valence-electron chi connectivity index (χ2n) is 4.62. The summed E-state index contributed by atoms with van der Waals surface area (Å²) in [6, 6.07) is 16.2. The second kappa shape index (κ2) is 7.89. The molecule has 0 aliphatic heterocycles. The SMILES string of the molecule is Cc1ccc(NC(N)=NCc2ccccc2C)cc1.I. The van der Waals surface area contributed by atoms with Gasteiger partial charge in [-0.3, -0.25) is 0 Å². The molecule has 0 bridgehead atoms. The summed E-state index contributed by atoms with van der Waals surface area (Å²) in [4.78, 5) is 4.36. The Labute approximate surface area is 137 Å². The van der Waals surface area contributed by atoms with Crippen molar-refractivity contribution in [2.45, 2.75) is 20.4 Å². The number of halogens is 1. The lowest BCUT2D eigenvalue weighted by Crippen LogP contribution is -2.22. The first-order valence-electron chi connectivity index (χ1n) is 6.33. The summed E-state index contributed by atoms with van der Waals surface area (Å²) in [5.74, 6) is 0.437. The van der Waals surface area contributed by atoms with E-state index in [2.05, 4.69) is 36.3 Å². The van der Waals surface area contributed by atoms with E-state index in [4.69, 9.17) is 5.73 Å². The molecular weight excluding hydrogens is 361 g/mol. The van der Waals surface area contributed by atoms with Crippen LogP contribution in [0.1, 0.15) is 16.7 Å². The largest absolute Gasteiger partial charge is 0.370 e. The van der Waals surface area contributed by atoms with Gasteiger partial charge in [0.1, 0.15) is 0 Å². The van der Waals surface area contributed by atoms with Crippen molar-refractivity contribution in [3.05, 3.63) is 65.2 Å². The molecule has 0 saturated carbocycles. The molecule has 3 N–H and O–H groups in total. The molecule has 2 rings (SSSR count). The summed E-state index contributed by atoms with van der Waals surface area (Å²) in [6.45, 7) is 4.73. The van der Waals surface area contributed by atoms with E-state index < -0.39 is 0 Å².